The minimum atomic E-state index is 0.324. The lowest BCUT2D eigenvalue weighted by Crippen LogP contribution is -2.25. The van der Waals surface area contributed by atoms with E-state index in [-0.39, 0.29) is 0 Å². The average molecular weight is 280 g/mol. The zero-order valence-corrected chi connectivity index (χ0v) is 11.1. The molecule has 0 spiro atoms. The minimum absolute atomic E-state index is 0.324. The second kappa shape index (κ2) is 5.44. The molecule has 0 amide bonds. The van der Waals surface area contributed by atoms with Crippen LogP contribution >= 0.6 is 34.8 Å². The number of hydrogen-bond donors (Lipinski definition) is 0. The monoisotopic (exact) mass is 278 g/mol. The molecule has 0 bridgehead atoms. The summed E-state index contributed by atoms with van der Waals surface area (Å²) in [5.41, 5.74) is 0. The van der Waals surface area contributed by atoms with Gasteiger partial charge >= 0.3 is 0 Å². The van der Waals surface area contributed by atoms with Crippen molar-refractivity contribution < 1.29 is 0 Å². The van der Waals surface area contributed by atoms with Crippen LogP contribution in [-0.2, 0) is 0 Å². The molecule has 0 saturated carbocycles. The summed E-state index contributed by atoms with van der Waals surface area (Å²) in [6.07, 6.45) is 4.90. The van der Waals surface area contributed by atoms with Crippen molar-refractivity contribution in [3.63, 3.8) is 0 Å². The quantitative estimate of drug-likeness (QED) is 0.707. The lowest BCUT2D eigenvalue weighted by atomic mass is 10.2. The molecule has 1 fully saturated rings. The summed E-state index contributed by atoms with van der Waals surface area (Å²) in [4.78, 5) is 6.46. The topological polar surface area (TPSA) is 16.1 Å². The van der Waals surface area contributed by atoms with Crippen LogP contribution in [0.3, 0.4) is 0 Å². The number of halogens is 3. The van der Waals surface area contributed by atoms with E-state index in [1.807, 2.05) is 0 Å². The van der Waals surface area contributed by atoms with E-state index in [0.717, 1.165) is 18.9 Å². The molecule has 0 aromatic carbocycles. The van der Waals surface area contributed by atoms with Crippen LogP contribution in [0, 0.1) is 0 Å². The Balaban J connectivity index is 2.27. The predicted octanol–water partition coefficient (Wildman–Crippen LogP) is 4.42. The van der Waals surface area contributed by atoms with Gasteiger partial charge in [-0.3, -0.25) is 0 Å². The highest BCUT2D eigenvalue weighted by Gasteiger charge is 2.16. The van der Waals surface area contributed by atoms with E-state index in [0.29, 0.717) is 15.2 Å². The molecule has 0 radical (unpaired) electrons. The molecule has 2 heterocycles. The summed E-state index contributed by atoms with van der Waals surface area (Å²) in [6.45, 7) is 1.98. The standard InChI is InChI=1S/C11H13Cl3N2/c12-8-7-9(13)11(15-10(8)14)16-5-3-1-2-4-6-16/h7H,1-6H2. The maximum atomic E-state index is 6.14. The molecule has 0 atom stereocenters. The summed E-state index contributed by atoms with van der Waals surface area (Å²) >= 11 is 17.9. The van der Waals surface area contributed by atoms with E-state index >= 15 is 0 Å². The molecule has 1 aliphatic rings. The van der Waals surface area contributed by atoms with Crippen molar-refractivity contribution in [1.82, 2.24) is 4.98 Å². The van der Waals surface area contributed by atoms with Crippen LogP contribution in [0.1, 0.15) is 25.7 Å². The second-order valence-corrected chi connectivity index (χ2v) is 5.14. The van der Waals surface area contributed by atoms with Crippen LogP contribution in [0.5, 0.6) is 0 Å². The molecule has 0 N–H and O–H groups in total. The van der Waals surface area contributed by atoms with E-state index in [9.17, 15) is 0 Å². The minimum Gasteiger partial charge on any atom is -0.355 e. The van der Waals surface area contributed by atoms with Crippen molar-refractivity contribution in [1.29, 1.82) is 0 Å². The van der Waals surface area contributed by atoms with Crippen molar-refractivity contribution in [3.8, 4) is 0 Å². The third-order valence-corrected chi connectivity index (χ3v) is 3.72. The van der Waals surface area contributed by atoms with Gasteiger partial charge in [0, 0.05) is 13.1 Å². The van der Waals surface area contributed by atoms with E-state index in [2.05, 4.69) is 9.88 Å². The molecule has 1 aromatic heterocycles. The molecule has 1 aromatic rings. The van der Waals surface area contributed by atoms with Crippen molar-refractivity contribution in [2.45, 2.75) is 25.7 Å². The van der Waals surface area contributed by atoms with E-state index in [4.69, 9.17) is 34.8 Å². The van der Waals surface area contributed by atoms with Gasteiger partial charge in [0.15, 0.2) is 0 Å². The Labute approximate surface area is 111 Å². The van der Waals surface area contributed by atoms with Gasteiger partial charge in [-0.05, 0) is 18.9 Å². The number of nitrogens with zero attached hydrogens (tertiary/aromatic N) is 2. The largest absolute Gasteiger partial charge is 0.355 e. The predicted molar refractivity (Wildman–Crippen MR) is 69.9 cm³/mol. The van der Waals surface area contributed by atoms with Crippen LogP contribution in [0.4, 0.5) is 5.82 Å². The molecule has 88 valence electrons. The van der Waals surface area contributed by atoms with Gasteiger partial charge in [0.05, 0.1) is 10.0 Å². The van der Waals surface area contributed by atoms with Gasteiger partial charge in [0.1, 0.15) is 11.0 Å². The highest BCUT2D eigenvalue weighted by Crippen LogP contribution is 2.32. The molecule has 1 aliphatic heterocycles. The Morgan fingerprint density at radius 3 is 2.19 bits per heavy atom. The maximum absolute atomic E-state index is 6.14. The van der Waals surface area contributed by atoms with E-state index in [1.165, 1.54) is 25.7 Å². The first kappa shape index (κ1) is 12.3. The van der Waals surface area contributed by atoms with Crippen LogP contribution in [0.2, 0.25) is 15.2 Å². The van der Waals surface area contributed by atoms with Crippen LogP contribution in [0.15, 0.2) is 6.07 Å². The molecular formula is C11H13Cl3N2. The Bertz CT molecular complexity index is 374. The van der Waals surface area contributed by atoms with Crippen LogP contribution < -0.4 is 4.90 Å². The lowest BCUT2D eigenvalue weighted by molar-refractivity contribution is 0.726. The molecule has 0 aliphatic carbocycles. The fourth-order valence-corrected chi connectivity index (χ4v) is 2.55. The normalized spacial score (nSPS) is 17.3. The van der Waals surface area contributed by atoms with E-state index in [1.54, 1.807) is 6.07 Å². The van der Waals surface area contributed by atoms with Gasteiger partial charge < -0.3 is 4.90 Å². The third-order valence-electron chi connectivity index (χ3n) is 2.77. The fourth-order valence-electron chi connectivity index (χ4n) is 1.94. The van der Waals surface area contributed by atoms with Gasteiger partial charge in [0.25, 0.3) is 0 Å². The maximum Gasteiger partial charge on any atom is 0.150 e. The Hall–Kier alpha value is -0.180. The van der Waals surface area contributed by atoms with Crippen molar-refractivity contribution >= 4 is 40.6 Å². The Morgan fingerprint density at radius 1 is 0.938 bits per heavy atom. The smallest absolute Gasteiger partial charge is 0.150 e. The highest BCUT2D eigenvalue weighted by atomic mass is 35.5. The molecule has 1 saturated heterocycles. The van der Waals surface area contributed by atoms with Gasteiger partial charge in [0.2, 0.25) is 0 Å². The summed E-state index contributed by atoms with van der Waals surface area (Å²) in [7, 11) is 0. The van der Waals surface area contributed by atoms with Gasteiger partial charge in [-0.15, -0.1) is 0 Å². The van der Waals surface area contributed by atoms with Crippen LogP contribution in [-0.4, -0.2) is 18.1 Å². The van der Waals surface area contributed by atoms with E-state index < -0.39 is 0 Å². The molecular weight excluding hydrogens is 266 g/mol. The molecule has 16 heavy (non-hydrogen) atoms. The van der Waals surface area contributed by atoms with Crippen molar-refractivity contribution in [2.75, 3.05) is 18.0 Å². The lowest BCUT2D eigenvalue weighted by Gasteiger charge is -2.22. The second-order valence-electron chi connectivity index (χ2n) is 3.97. The Morgan fingerprint density at radius 2 is 1.56 bits per heavy atom. The number of pyridine rings is 1. The highest BCUT2D eigenvalue weighted by molar-refractivity contribution is 6.42. The van der Waals surface area contributed by atoms with Gasteiger partial charge in [-0.1, -0.05) is 47.6 Å². The molecule has 5 heteroatoms. The third kappa shape index (κ3) is 2.73. The number of aromatic nitrogens is 1. The number of hydrogen-bond acceptors (Lipinski definition) is 2. The molecule has 2 nitrogen and oxygen atoms in total. The SMILES string of the molecule is Clc1cc(Cl)c(N2CCCCCC2)nc1Cl. The first-order valence-corrected chi connectivity index (χ1v) is 6.58. The zero-order chi connectivity index (χ0) is 11.5. The summed E-state index contributed by atoms with van der Waals surface area (Å²) in [6, 6.07) is 1.67. The van der Waals surface area contributed by atoms with Crippen LogP contribution in [0.25, 0.3) is 0 Å². The van der Waals surface area contributed by atoms with Gasteiger partial charge in [-0.2, -0.15) is 0 Å². The van der Waals surface area contributed by atoms with Crippen molar-refractivity contribution in [3.05, 3.63) is 21.3 Å². The average Bonchev–Trinajstić information content (AvgIpc) is 2.52. The molecule has 0 unspecified atom stereocenters. The fraction of sp³-hybridized carbons (Fsp3) is 0.545. The van der Waals surface area contributed by atoms with Gasteiger partial charge in [-0.25, -0.2) is 4.98 Å². The first-order chi connectivity index (χ1) is 7.68. The van der Waals surface area contributed by atoms with Crippen molar-refractivity contribution in [2.24, 2.45) is 0 Å². The number of anilines is 1. The number of rotatable bonds is 1. The summed E-state index contributed by atoms with van der Waals surface area (Å²) in [5, 5.41) is 1.31. The molecule has 2 rings (SSSR count). The summed E-state index contributed by atoms with van der Waals surface area (Å²) < 4.78 is 0. The Kier molecular flexibility index (Phi) is 4.17. The summed E-state index contributed by atoms with van der Waals surface area (Å²) in [5.74, 6) is 0.762. The zero-order valence-electron chi connectivity index (χ0n) is 8.85. The first-order valence-electron chi connectivity index (χ1n) is 5.45.